The minimum Gasteiger partial charge on any atom is -0.486 e. The number of hydrogen-bond acceptors (Lipinski definition) is 3. The summed E-state index contributed by atoms with van der Waals surface area (Å²) in [5.41, 5.74) is 6.17. The largest absolute Gasteiger partial charge is 0.486 e. The quantitative estimate of drug-likeness (QED) is 0.732. The number of fused-ring (bicyclic) bond motifs is 1. The predicted molar refractivity (Wildman–Crippen MR) is 54.6 cm³/mol. The topological polar surface area (TPSA) is 44.5 Å². The van der Waals surface area contributed by atoms with E-state index in [1.165, 1.54) is 0 Å². The average molecular weight is 265 g/mol. The maximum Gasteiger partial charge on any atom is 0.177 e. The number of hydrogen-bond donors (Lipinski definition) is 1. The number of halogens is 2. The summed E-state index contributed by atoms with van der Waals surface area (Å²) in [6, 6.07) is 1.66. The van der Waals surface area contributed by atoms with E-state index in [-0.39, 0.29) is 0 Å². The molecule has 0 aromatic heterocycles. The summed E-state index contributed by atoms with van der Waals surface area (Å²) in [6.45, 7) is 1.08. The Morgan fingerprint density at radius 3 is 2.85 bits per heavy atom. The maximum absolute atomic E-state index is 5.86. The molecular formula is C8H7BrClNO2. The summed E-state index contributed by atoms with van der Waals surface area (Å²) in [6.07, 6.45) is 0. The van der Waals surface area contributed by atoms with Crippen LogP contribution in [-0.4, -0.2) is 13.2 Å². The Morgan fingerprint density at radius 1 is 1.38 bits per heavy atom. The van der Waals surface area contributed by atoms with Crippen LogP contribution in [0.3, 0.4) is 0 Å². The molecule has 0 atom stereocenters. The highest BCUT2D eigenvalue weighted by Gasteiger charge is 2.19. The van der Waals surface area contributed by atoms with Gasteiger partial charge in [0.1, 0.15) is 13.2 Å². The fourth-order valence-corrected chi connectivity index (χ4v) is 1.96. The molecule has 0 spiro atoms. The fourth-order valence-electron chi connectivity index (χ4n) is 1.13. The minimum absolute atomic E-state index is 0.469. The van der Waals surface area contributed by atoms with Gasteiger partial charge in [-0.25, -0.2) is 0 Å². The molecule has 0 amide bonds. The first-order valence-electron chi connectivity index (χ1n) is 3.73. The maximum atomic E-state index is 5.86. The predicted octanol–water partition coefficient (Wildman–Crippen LogP) is 2.46. The number of rotatable bonds is 0. The van der Waals surface area contributed by atoms with E-state index in [0.717, 1.165) is 0 Å². The molecule has 0 bridgehead atoms. The lowest BCUT2D eigenvalue weighted by atomic mass is 10.2. The van der Waals surface area contributed by atoms with Crippen molar-refractivity contribution in [3.8, 4) is 11.5 Å². The van der Waals surface area contributed by atoms with Crippen molar-refractivity contribution in [2.45, 2.75) is 0 Å². The number of nitrogen functional groups attached to an aromatic ring is 1. The van der Waals surface area contributed by atoms with Crippen molar-refractivity contribution in [2.24, 2.45) is 0 Å². The van der Waals surface area contributed by atoms with Crippen molar-refractivity contribution < 1.29 is 9.47 Å². The second kappa shape index (κ2) is 3.27. The van der Waals surface area contributed by atoms with Crippen LogP contribution >= 0.6 is 27.5 Å². The fraction of sp³-hybridized carbons (Fsp3) is 0.250. The van der Waals surface area contributed by atoms with Gasteiger partial charge in [-0.15, -0.1) is 0 Å². The number of benzene rings is 1. The molecule has 1 aliphatic heterocycles. The summed E-state index contributed by atoms with van der Waals surface area (Å²) < 4.78 is 11.4. The van der Waals surface area contributed by atoms with E-state index in [2.05, 4.69) is 15.9 Å². The highest BCUT2D eigenvalue weighted by atomic mass is 79.9. The van der Waals surface area contributed by atoms with Gasteiger partial charge in [0.15, 0.2) is 11.5 Å². The zero-order valence-corrected chi connectivity index (χ0v) is 8.98. The van der Waals surface area contributed by atoms with Gasteiger partial charge >= 0.3 is 0 Å². The third kappa shape index (κ3) is 1.44. The lowest BCUT2D eigenvalue weighted by Gasteiger charge is -2.20. The van der Waals surface area contributed by atoms with Gasteiger partial charge in [-0.1, -0.05) is 11.6 Å². The van der Waals surface area contributed by atoms with Crippen molar-refractivity contribution in [3.63, 3.8) is 0 Å². The molecule has 1 aliphatic rings. The van der Waals surface area contributed by atoms with E-state index in [1.807, 2.05) is 0 Å². The van der Waals surface area contributed by atoms with Gasteiger partial charge < -0.3 is 15.2 Å². The number of anilines is 1. The molecule has 0 radical (unpaired) electrons. The molecule has 3 nitrogen and oxygen atoms in total. The molecule has 0 aliphatic carbocycles. The molecule has 0 saturated heterocycles. The lowest BCUT2D eigenvalue weighted by molar-refractivity contribution is 0.170. The van der Waals surface area contributed by atoms with Crippen molar-refractivity contribution in [1.29, 1.82) is 0 Å². The van der Waals surface area contributed by atoms with Crippen molar-refractivity contribution in [2.75, 3.05) is 18.9 Å². The van der Waals surface area contributed by atoms with Crippen LogP contribution in [0.1, 0.15) is 0 Å². The standard InChI is InChI=1S/C8H7BrClNO2/c9-6-7(11)4(10)3-5-8(6)13-2-1-12-5/h3H,1-2,11H2. The first kappa shape index (κ1) is 8.97. The lowest BCUT2D eigenvalue weighted by Crippen LogP contribution is -2.16. The zero-order chi connectivity index (χ0) is 9.42. The van der Waals surface area contributed by atoms with Gasteiger partial charge in [0.2, 0.25) is 0 Å². The average Bonchev–Trinajstić information content (AvgIpc) is 2.15. The van der Waals surface area contributed by atoms with Crippen LogP contribution in [0.25, 0.3) is 0 Å². The molecule has 0 saturated carbocycles. The number of nitrogens with two attached hydrogens (primary N) is 1. The Hall–Kier alpha value is -0.610. The third-order valence-electron chi connectivity index (χ3n) is 1.76. The van der Waals surface area contributed by atoms with Gasteiger partial charge in [0.25, 0.3) is 0 Å². The molecule has 1 aromatic carbocycles. The summed E-state index contributed by atoms with van der Waals surface area (Å²) in [5, 5.41) is 0.469. The smallest absolute Gasteiger partial charge is 0.177 e. The Kier molecular flexibility index (Phi) is 2.26. The molecule has 0 unspecified atom stereocenters. The molecule has 70 valence electrons. The Bertz CT molecular complexity index is 356. The van der Waals surface area contributed by atoms with Gasteiger partial charge in [-0.05, 0) is 15.9 Å². The van der Waals surface area contributed by atoms with Gasteiger partial charge in [-0.2, -0.15) is 0 Å². The normalized spacial score (nSPS) is 14.3. The monoisotopic (exact) mass is 263 g/mol. The van der Waals surface area contributed by atoms with Gasteiger partial charge in [0, 0.05) is 6.07 Å². The first-order chi connectivity index (χ1) is 6.20. The summed E-state index contributed by atoms with van der Waals surface area (Å²) >= 11 is 9.16. The Labute approximate surface area is 88.9 Å². The van der Waals surface area contributed by atoms with E-state index in [0.29, 0.717) is 39.9 Å². The van der Waals surface area contributed by atoms with Gasteiger partial charge in [-0.3, -0.25) is 0 Å². The summed E-state index contributed by atoms with van der Waals surface area (Å²) in [7, 11) is 0. The van der Waals surface area contributed by atoms with Crippen LogP contribution in [0, 0.1) is 0 Å². The SMILES string of the molecule is Nc1c(Cl)cc2c(c1Br)OCCO2. The van der Waals surface area contributed by atoms with Gasteiger partial charge in [0.05, 0.1) is 15.2 Å². The third-order valence-corrected chi connectivity index (χ3v) is 2.86. The molecule has 1 heterocycles. The molecular weight excluding hydrogens is 257 g/mol. The van der Waals surface area contributed by atoms with Crippen LogP contribution < -0.4 is 15.2 Å². The van der Waals surface area contributed by atoms with Crippen LogP contribution in [0.2, 0.25) is 5.02 Å². The van der Waals surface area contributed by atoms with Crippen molar-refractivity contribution >= 4 is 33.2 Å². The molecule has 2 N–H and O–H groups in total. The van der Waals surface area contributed by atoms with Crippen LogP contribution in [-0.2, 0) is 0 Å². The highest BCUT2D eigenvalue weighted by Crippen LogP contribution is 2.44. The first-order valence-corrected chi connectivity index (χ1v) is 4.90. The van der Waals surface area contributed by atoms with E-state index in [1.54, 1.807) is 6.07 Å². The minimum atomic E-state index is 0.469. The molecule has 0 fully saturated rings. The molecule has 2 rings (SSSR count). The van der Waals surface area contributed by atoms with Crippen molar-refractivity contribution in [1.82, 2.24) is 0 Å². The highest BCUT2D eigenvalue weighted by molar-refractivity contribution is 9.10. The zero-order valence-electron chi connectivity index (χ0n) is 6.64. The van der Waals surface area contributed by atoms with Crippen LogP contribution in [0.4, 0.5) is 5.69 Å². The Balaban J connectivity index is 2.60. The number of ether oxygens (including phenoxy) is 2. The van der Waals surface area contributed by atoms with E-state index < -0.39 is 0 Å². The summed E-state index contributed by atoms with van der Waals surface area (Å²) in [5.74, 6) is 1.27. The summed E-state index contributed by atoms with van der Waals surface area (Å²) in [4.78, 5) is 0. The van der Waals surface area contributed by atoms with Crippen LogP contribution in [0.15, 0.2) is 10.5 Å². The van der Waals surface area contributed by atoms with E-state index in [4.69, 9.17) is 26.8 Å². The van der Waals surface area contributed by atoms with E-state index >= 15 is 0 Å². The Morgan fingerprint density at radius 2 is 2.08 bits per heavy atom. The molecule has 13 heavy (non-hydrogen) atoms. The second-order valence-electron chi connectivity index (χ2n) is 2.61. The molecule has 5 heteroatoms. The van der Waals surface area contributed by atoms with Crippen LogP contribution in [0.5, 0.6) is 11.5 Å². The van der Waals surface area contributed by atoms with E-state index in [9.17, 15) is 0 Å². The van der Waals surface area contributed by atoms with Crippen molar-refractivity contribution in [3.05, 3.63) is 15.6 Å². The molecule has 1 aromatic rings. The second-order valence-corrected chi connectivity index (χ2v) is 3.81.